The highest BCUT2D eigenvalue weighted by Crippen LogP contribution is 2.19. The zero-order valence-corrected chi connectivity index (χ0v) is 11.3. The molecule has 0 saturated heterocycles. The van der Waals surface area contributed by atoms with Gasteiger partial charge < -0.3 is 14.8 Å². The third kappa shape index (κ3) is 2.71. The fourth-order valence-electron chi connectivity index (χ4n) is 1.94. The summed E-state index contributed by atoms with van der Waals surface area (Å²) in [7, 11) is 0. The molecule has 5 heteroatoms. The van der Waals surface area contributed by atoms with Crippen LogP contribution in [0, 0.1) is 6.92 Å². The van der Waals surface area contributed by atoms with Crippen molar-refractivity contribution < 1.29 is 19.1 Å². The first-order chi connectivity index (χ1) is 9.52. The Bertz CT molecular complexity index is 658. The number of anilines is 1. The Morgan fingerprint density at radius 3 is 2.65 bits per heavy atom. The van der Waals surface area contributed by atoms with Crippen LogP contribution in [0.25, 0.3) is 0 Å². The fourth-order valence-corrected chi connectivity index (χ4v) is 1.94. The van der Waals surface area contributed by atoms with E-state index < -0.39 is 5.97 Å². The molecule has 1 heterocycles. The first-order valence-corrected chi connectivity index (χ1v) is 6.24. The number of aryl methyl sites for hydroxylation is 2. The van der Waals surface area contributed by atoms with Gasteiger partial charge in [0.25, 0.3) is 5.91 Å². The SMILES string of the molecule is CCc1occc1C(=O)Nc1ccc(C(=O)O)cc1C. The molecule has 0 aliphatic carbocycles. The minimum absolute atomic E-state index is 0.193. The molecule has 2 aromatic rings. The minimum Gasteiger partial charge on any atom is -0.478 e. The van der Waals surface area contributed by atoms with E-state index >= 15 is 0 Å². The summed E-state index contributed by atoms with van der Waals surface area (Å²) >= 11 is 0. The molecule has 5 nitrogen and oxygen atoms in total. The molecule has 0 aliphatic heterocycles. The lowest BCUT2D eigenvalue weighted by Crippen LogP contribution is -2.14. The van der Waals surface area contributed by atoms with Crippen LogP contribution in [-0.2, 0) is 6.42 Å². The van der Waals surface area contributed by atoms with Crippen LogP contribution in [0.2, 0.25) is 0 Å². The Balaban J connectivity index is 2.22. The lowest BCUT2D eigenvalue weighted by atomic mass is 10.1. The first-order valence-electron chi connectivity index (χ1n) is 6.24. The molecule has 2 rings (SSSR count). The van der Waals surface area contributed by atoms with E-state index in [-0.39, 0.29) is 11.5 Å². The highest BCUT2D eigenvalue weighted by Gasteiger charge is 2.14. The van der Waals surface area contributed by atoms with Gasteiger partial charge in [0, 0.05) is 12.1 Å². The van der Waals surface area contributed by atoms with Crippen molar-refractivity contribution in [1.29, 1.82) is 0 Å². The molecule has 20 heavy (non-hydrogen) atoms. The van der Waals surface area contributed by atoms with E-state index in [9.17, 15) is 9.59 Å². The number of furan rings is 1. The zero-order chi connectivity index (χ0) is 14.7. The van der Waals surface area contributed by atoms with Crippen LogP contribution >= 0.6 is 0 Å². The summed E-state index contributed by atoms with van der Waals surface area (Å²) in [6.07, 6.45) is 2.11. The summed E-state index contributed by atoms with van der Waals surface area (Å²) in [4.78, 5) is 23.0. The van der Waals surface area contributed by atoms with Gasteiger partial charge in [-0.25, -0.2) is 4.79 Å². The molecule has 0 atom stereocenters. The van der Waals surface area contributed by atoms with Crippen LogP contribution in [0.5, 0.6) is 0 Å². The van der Waals surface area contributed by atoms with Crippen molar-refractivity contribution in [3.8, 4) is 0 Å². The van der Waals surface area contributed by atoms with Gasteiger partial charge in [-0.3, -0.25) is 4.79 Å². The Labute approximate surface area is 116 Å². The standard InChI is InChI=1S/C15H15NO4/c1-3-13-11(6-7-20-13)14(17)16-12-5-4-10(15(18)19)8-9(12)2/h4-8H,3H2,1-2H3,(H,16,17)(H,18,19). The summed E-state index contributed by atoms with van der Waals surface area (Å²) in [5, 5.41) is 11.7. The van der Waals surface area contributed by atoms with Gasteiger partial charge in [0.1, 0.15) is 5.76 Å². The molecule has 0 radical (unpaired) electrons. The van der Waals surface area contributed by atoms with Crippen molar-refractivity contribution >= 4 is 17.6 Å². The van der Waals surface area contributed by atoms with Crippen LogP contribution in [0.3, 0.4) is 0 Å². The Hall–Kier alpha value is -2.56. The third-order valence-electron chi connectivity index (χ3n) is 3.03. The number of aromatic carboxylic acids is 1. The fraction of sp³-hybridized carbons (Fsp3) is 0.200. The van der Waals surface area contributed by atoms with Crippen LogP contribution < -0.4 is 5.32 Å². The topological polar surface area (TPSA) is 79.5 Å². The van der Waals surface area contributed by atoms with E-state index in [4.69, 9.17) is 9.52 Å². The maximum Gasteiger partial charge on any atom is 0.335 e. The van der Waals surface area contributed by atoms with Crippen molar-refractivity contribution in [1.82, 2.24) is 0 Å². The smallest absolute Gasteiger partial charge is 0.335 e. The molecule has 1 amide bonds. The van der Waals surface area contributed by atoms with Gasteiger partial charge in [0.05, 0.1) is 17.4 Å². The third-order valence-corrected chi connectivity index (χ3v) is 3.03. The number of hydrogen-bond donors (Lipinski definition) is 2. The largest absolute Gasteiger partial charge is 0.478 e. The van der Waals surface area contributed by atoms with Gasteiger partial charge in [0.2, 0.25) is 0 Å². The Kier molecular flexibility index (Phi) is 3.89. The maximum absolute atomic E-state index is 12.1. The second-order valence-corrected chi connectivity index (χ2v) is 4.40. The van der Waals surface area contributed by atoms with Crippen LogP contribution in [0.4, 0.5) is 5.69 Å². The highest BCUT2D eigenvalue weighted by molar-refractivity contribution is 6.05. The van der Waals surface area contributed by atoms with Gasteiger partial charge in [0.15, 0.2) is 0 Å². The number of carbonyl (C=O) groups excluding carboxylic acids is 1. The lowest BCUT2D eigenvalue weighted by Gasteiger charge is -2.09. The quantitative estimate of drug-likeness (QED) is 0.897. The van der Waals surface area contributed by atoms with Gasteiger partial charge in [-0.05, 0) is 36.8 Å². The molecule has 1 aromatic heterocycles. The van der Waals surface area contributed by atoms with Gasteiger partial charge in [-0.1, -0.05) is 6.92 Å². The number of amides is 1. The predicted molar refractivity (Wildman–Crippen MR) is 74.2 cm³/mol. The minimum atomic E-state index is -0.992. The number of rotatable bonds is 4. The highest BCUT2D eigenvalue weighted by atomic mass is 16.4. The van der Waals surface area contributed by atoms with Gasteiger partial charge in [-0.2, -0.15) is 0 Å². The second-order valence-electron chi connectivity index (χ2n) is 4.40. The lowest BCUT2D eigenvalue weighted by molar-refractivity contribution is 0.0696. The van der Waals surface area contributed by atoms with Crippen molar-refractivity contribution in [3.63, 3.8) is 0 Å². The summed E-state index contributed by atoms with van der Waals surface area (Å²) in [5.74, 6) is -0.627. The number of carboxylic acids is 1. The predicted octanol–water partition coefficient (Wildman–Crippen LogP) is 3.10. The monoisotopic (exact) mass is 273 g/mol. The second kappa shape index (κ2) is 5.61. The first kappa shape index (κ1) is 13.9. The van der Waals surface area contributed by atoms with E-state index in [1.54, 1.807) is 19.1 Å². The molecule has 1 aromatic carbocycles. The molecule has 0 fully saturated rings. The summed E-state index contributed by atoms with van der Waals surface area (Å²) in [6.45, 7) is 3.65. The van der Waals surface area contributed by atoms with Crippen LogP contribution in [-0.4, -0.2) is 17.0 Å². The number of nitrogens with one attached hydrogen (secondary N) is 1. The van der Waals surface area contributed by atoms with Crippen molar-refractivity contribution in [2.75, 3.05) is 5.32 Å². The van der Waals surface area contributed by atoms with Crippen LogP contribution in [0.15, 0.2) is 34.9 Å². The van der Waals surface area contributed by atoms with E-state index in [1.807, 2.05) is 6.92 Å². The molecule has 104 valence electrons. The molecule has 0 saturated carbocycles. The molecule has 0 bridgehead atoms. The van der Waals surface area contributed by atoms with Crippen molar-refractivity contribution in [3.05, 3.63) is 53.0 Å². The van der Waals surface area contributed by atoms with Crippen molar-refractivity contribution in [2.45, 2.75) is 20.3 Å². The van der Waals surface area contributed by atoms with E-state index in [1.165, 1.54) is 18.4 Å². The molecular weight excluding hydrogens is 258 g/mol. The normalized spacial score (nSPS) is 10.3. The Morgan fingerprint density at radius 2 is 2.05 bits per heavy atom. The summed E-state index contributed by atoms with van der Waals surface area (Å²) in [5.41, 5.74) is 1.97. The number of carboxylic acid groups (broad SMARTS) is 1. The maximum atomic E-state index is 12.1. The van der Waals surface area contributed by atoms with Gasteiger partial charge >= 0.3 is 5.97 Å². The van der Waals surface area contributed by atoms with Gasteiger partial charge in [-0.15, -0.1) is 0 Å². The molecule has 0 aliphatic rings. The Morgan fingerprint density at radius 1 is 1.30 bits per heavy atom. The van der Waals surface area contributed by atoms with Crippen molar-refractivity contribution in [2.24, 2.45) is 0 Å². The number of carbonyl (C=O) groups is 2. The summed E-state index contributed by atoms with van der Waals surface area (Å²) in [6, 6.07) is 6.19. The molecular formula is C15H15NO4. The molecule has 0 unspecified atom stereocenters. The number of hydrogen-bond acceptors (Lipinski definition) is 3. The average Bonchev–Trinajstić information content (AvgIpc) is 2.89. The van der Waals surface area contributed by atoms with Crippen LogP contribution in [0.1, 0.15) is 39.0 Å². The molecule has 2 N–H and O–H groups in total. The molecule has 0 spiro atoms. The number of benzene rings is 1. The average molecular weight is 273 g/mol. The summed E-state index contributed by atoms with van der Waals surface area (Å²) < 4.78 is 5.21. The zero-order valence-electron chi connectivity index (χ0n) is 11.3. The van der Waals surface area contributed by atoms with E-state index in [2.05, 4.69) is 5.32 Å². The van der Waals surface area contributed by atoms with E-state index in [0.29, 0.717) is 29.0 Å². The van der Waals surface area contributed by atoms with E-state index in [0.717, 1.165) is 0 Å².